The largest absolute Gasteiger partial charge is 0.315 e. The molecule has 0 N–H and O–H groups in total. The van der Waals surface area contributed by atoms with Gasteiger partial charge in [0, 0.05) is 41.6 Å². The van der Waals surface area contributed by atoms with E-state index in [1.54, 1.807) is 10.8 Å². The number of pyridine rings is 2. The minimum atomic E-state index is 0.0303. The Hall–Kier alpha value is -1.61. The SMILES string of the molecule is Cc1ccc(-c2cccn(CCCCCl)c2=O)cn1. The number of halogens is 1. The van der Waals surface area contributed by atoms with Crippen LogP contribution >= 0.6 is 11.6 Å². The van der Waals surface area contributed by atoms with Crippen molar-refractivity contribution in [2.45, 2.75) is 26.3 Å². The third kappa shape index (κ3) is 3.44. The van der Waals surface area contributed by atoms with Crippen LogP contribution in [0.15, 0.2) is 41.5 Å². The van der Waals surface area contributed by atoms with Crippen molar-refractivity contribution in [3.63, 3.8) is 0 Å². The van der Waals surface area contributed by atoms with E-state index in [9.17, 15) is 4.79 Å². The molecule has 100 valence electrons. The van der Waals surface area contributed by atoms with Crippen LogP contribution in [-0.2, 0) is 6.54 Å². The van der Waals surface area contributed by atoms with Crippen molar-refractivity contribution in [3.05, 3.63) is 52.7 Å². The quantitative estimate of drug-likeness (QED) is 0.621. The van der Waals surface area contributed by atoms with Gasteiger partial charge in [0.25, 0.3) is 5.56 Å². The van der Waals surface area contributed by atoms with Crippen molar-refractivity contribution in [1.29, 1.82) is 0 Å². The summed E-state index contributed by atoms with van der Waals surface area (Å²) in [4.78, 5) is 16.6. The normalized spacial score (nSPS) is 10.6. The van der Waals surface area contributed by atoms with Gasteiger partial charge in [0.15, 0.2) is 0 Å². The van der Waals surface area contributed by atoms with E-state index >= 15 is 0 Å². The minimum Gasteiger partial charge on any atom is -0.315 e. The van der Waals surface area contributed by atoms with Crippen LogP contribution in [0.2, 0.25) is 0 Å². The Morgan fingerprint density at radius 1 is 1.26 bits per heavy atom. The first-order chi connectivity index (χ1) is 9.22. The summed E-state index contributed by atoms with van der Waals surface area (Å²) in [6, 6.07) is 7.59. The summed E-state index contributed by atoms with van der Waals surface area (Å²) in [6.45, 7) is 2.64. The number of rotatable bonds is 5. The van der Waals surface area contributed by atoms with Crippen molar-refractivity contribution in [3.8, 4) is 11.1 Å². The van der Waals surface area contributed by atoms with Gasteiger partial charge < -0.3 is 4.57 Å². The third-order valence-corrected chi connectivity index (χ3v) is 3.29. The van der Waals surface area contributed by atoms with Crippen LogP contribution in [0.3, 0.4) is 0 Å². The van der Waals surface area contributed by atoms with Gasteiger partial charge >= 0.3 is 0 Å². The highest BCUT2D eigenvalue weighted by molar-refractivity contribution is 6.17. The second-order valence-electron chi connectivity index (χ2n) is 4.50. The summed E-state index contributed by atoms with van der Waals surface area (Å²) in [5.74, 6) is 0.635. The summed E-state index contributed by atoms with van der Waals surface area (Å²) >= 11 is 5.65. The monoisotopic (exact) mass is 276 g/mol. The average Bonchev–Trinajstić information content (AvgIpc) is 2.42. The maximum absolute atomic E-state index is 12.4. The van der Waals surface area contributed by atoms with E-state index in [1.807, 2.05) is 37.4 Å². The van der Waals surface area contributed by atoms with Crippen molar-refractivity contribution in [1.82, 2.24) is 9.55 Å². The first-order valence-corrected chi connectivity index (χ1v) is 6.94. The maximum atomic E-state index is 12.4. The Balaban J connectivity index is 2.29. The number of hydrogen-bond acceptors (Lipinski definition) is 2. The Morgan fingerprint density at radius 2 is 2.11 bits per heavy atom. The zero-order chi connectivity index (χ0) is 13.7. The zero-order valence-corrected chi connectivity index (χ0v) is 11.7. The lowest BCUT2D eigenvalue weighted by atomic mass is 10.1. The molecule has 0 saturated heterocycles. The number of alkyl halides is 1. The van der Waals surface area contributed by atoms with E-state index in [-0.39, 0.29) is 5.56 Å². The molecule has 2 rings (SSSR count). The van der Waals surface area contributed by atoms with E-state index < -0.39 is 0 Å². The van der Waals surface area contributed by atoms with E-state index in [2.05, 4.69) is 4.98 Å². The van der Waals surface area contributed by atoms with Gasteiger partial charge in [0.1, 0.15) is 0 Å². The molecule has 0 aliphatic heterocycles. The molecule has 0 aliphatic carbocycles. The van der Waals surface area contributed by atoms with Crippen molar-refractivity contribution < 1.29 is 0 Å². The van der Waals surface area contributed by atoms with Crippen molar-refractivity contribution in [2.24, 2.45) is 0 Å². The second kappa shape index (κ2) is 6.53. The fourth-order valence-corrected chi connectivity index (χ4v) is 2.13. The molecule has 0 saturated carbocycles. The van der Waals surface area contributed by atoms with Gasteiger partial charge in [0.05, 0.1) is 0 Å². The summed E-state index contributed by atoms with van der Waals surface area (Å²) in [7, 11) is 0. The summed E-state index contributed by atoms with van der Waals surface area (Å²) in [5, 5.41) is 0. The number of hydrogen-bond donors (Lipinski definition) is 0. The molecule has 3 nitrogen and oxygen atoms in total. The molecule has 2 aromatic rings. The van der Waals surface area contributed by atoms with Gasteiger partial charge in [-0.3, -0.25) is 9.78 Å². The highest BCUT2D eigenvalue weighted by Gasteiger charge is 2.05. The molecule has 0 aliphatic rings. The van der Waals surface area contributed by atoms with Gasteiger partial charge in [-0.25, -0.2) is 0 Å². The third-order valence-electron chi connectivity index (χ3n) is 3.03. The Bertz CT molecular complexity index is 590. The molecule has 2 aromatic heterocycles. The standard InChI is InChI=1S/C15H17ClN2O/c1-12-6-7-13(11-17-12)14-5-4-10-18(15(14)19)9-3-2-8-16/h4-7,10-11H,2-3,8-9H2,1H3. The number of aromatic nitrogens is 2. The Kier molecular flexibility index (Phi) is 4.74. The lowest BCUT2D eigenvalue weighted by Crippen LogP contribution is -2.21. The first-order valence-electron chi connectivity index (χ1n) is 6.41. The molecule has 0 radical (unpaired) electrons. The average molecular weight is 277 g/mol. The van der Waals surface area contributed by atoms with E-state index in [0.29, 0.717) is 18.0 Å². The Labute approximate surface area is 117 Å². The lowest BCUT2D eigenvalue weighted by Gasteiger charge is -2.07. The minimum absolute atomic E-state index is 0.0303. The molecule has 0 fully saturated rings. The van der Waals surface area contributed by atoms with Crippen LogP contribution in [0.1, 0.15) is 18.5 Å². The first kappa shape index (κ1) is 13.8. The van der Waals surface area contributed by atoms with Gasteiger partial charge in [-0.15, -0.1) is 11.6 Å². The fraction of sp³-hybridized carbons (Fsp3) is 0.333. The summed E-state index contributed by atoms with van der Waals surface area (Å²) in [5.41, 5.74) is 2.54. The van der Waals surface area contributed by atoms with Crippen molar-refractivity contribution in [2.75, 3.05) is 5.88 Å². The summed E-state index contributed by atoms with van der Waals surface area (Å²) in [6.07, 6.45) is 5.40. The van der Waals surface area contributed by atoms with Crippen LogP contribution < -0.4 is 5.56 Å². The molecule has 2 heterocycles. The molecule has 0 spiro atoms. The van der Waals surface area contributed by atoms with Gasteiger partial charge in [-0.2, -0.15) is 0 Å². The van der Waals surface area contributed by atoms with Crippen LogP contribution in [0, 0.1) is 6.92 Å². The number of nitrogens with zero attached hydrogens (tertiary/aromatic N) is 2. The maximum Gasteiger partial charge on any atom is 0.258 e. The molecule has 0 aromatic carbocycles. The second-order valence-corrected chi connectivity index (χ2v) is 4.88. The zero-order valence-electron chi connectivity index (χ0n) is 11.0. The highest BCUT2D eigenvalue weighted by atomic mass is 35.5. The van der Waals surface area contributed by atoms with Crippen molar-refractivity contribution >= 4 is 11.6 Å². The Morgan fingerprint density at radius 3 is 2.79 bits per heavy atom. The van der Waals surface area contributed by atoms with Gasteiger partial charge in [-0.1, -0.05) is 6.07 Å². The molecule has 0 atom stereocenters. The number of unbranched alkanes of at least 4 members (excludes halogenated alkanes) is 1. The molecule has 0 unspecified atom stereocenters. The predicted octanol–water partition coefficient (Wildman–Crippen LogP) is 3.24. The molecule has 19 heavy (non-hydrogen) atoms. The van der Waals surface area contributed by atoms with Gasteiger partial charge in [0.2, 0.25) is 0 Å². The molecule has 0 bridgehead atoms. The summed E-state index contributed by atoms with van der Waals surface area (Å²) < 4.78 is 1.74. The lowest BCUT2D eigenvalue weighted by molar-refractivity contribution is 0.616. The van der Waals surface area contributed by atoms with E-state index in [1.165, 1.54) is 0 Å². The predicted molar refractivity (Wildman–Crippen MR) is 78.6 cm³/mol. The topological polar surface area (TPSA) is 34.9 Å². The van der Waals surface area contributed by atoms with Gasteiger partial charge in [-0.05, 0) is 38.0 Å². The molecular weight excluding hydrogens is 260 g/mol. The molecule has 4 heteroatoms. The van der Waals surface area contributed by atoms with Crippen LogP contribution in [0.25, 0.3) is 11.1 Å². The van der Waals surface area contributed by atoms with Crippen LogP contribution in [-0.4, -0.2) is 15.4 Å². The number of aryl methyl sites for hydroxylation is 2. The molecule has 0 amide bonds. The van der Waals surface area contributed by atoms with Crippen LogP contribution in [0.5, 0.6) is 0 Å². The van der Waals surface area contributed by atoms with E-state index in [0.717, 1.165) is 24.1 Å². The highest BCUT2D eigenvalue weighted by Crippen LogP contribution is 2.14. The molecular formula is C15H17ClN2O. The smallest absolute Gasteiger partial charge is 0.258 e. The fourth-order valence-electron chi connectivity index (χ4n) is 1.94. The van der Waals surface area contributed by atoms with E-state index in [4.69, 9.17) is 11.6 Å². The van der Waals surface area contributed by atoms with Crippen LogP contribution in [0.4, 0.5) is 0 Å².